The van der Waals surface area contributed by atoms with Crippen molar-refractivity contribution in [3.63, 3.8) is 0 Å². The monoisotopic (exact) mass is 397 g/mol. The fraction of sp³-hybridized carbons (Fsp3) is 0.591. The van der Waals surface area contributed by atoms with Gasteiger partial charge in [0.15, 0.2) is 0 Å². The van der Waals surface area contributed by atoms with Gasteiger partial charge >= 0.3 is 6.03 Å². The highest BCUT2D eigenvalue weighted by atomic mass is 16.2. The van der Waals surface area contributed by atoms with Gasteiger partial charge in [0.1, 0.15) is 6.04 Å². The molecule has 1 aliphatic carbocycles. The summed E-state index contributed by atoms with van der Waals surface area (Å²) >= 11 is 0. The Morgan fingerprint density at radius 1 is 1.17 bits per heavy atom. The van der Waals surface area contributed by atoms with Crippen molar-refractivity contribution in [2.45, 2.75) is 71.0 Å². The van der Waals surface area contributed by atoms with Gasteiger partial charge in [0.2, 0.25) is 11.9 Å². The minimum atomic E-state index is -0.534. The molecule has 1 aromatic carbocycles. The maximum absolute atomic E-state index is 13.1. The predicted octanol–water partition coefficient (Wildman–Crippen LogP) is 3.43. The lowest BCUT2D eigenvalue weighted by atomic mass is 9.93. The first-order valence-electron chi connectivity index (χ1n) is 10.9. The Labute approximate surface area is 171 Å². The molecule has 0 unspecified atom stereocenters. The molecule has 1 aliphatic heterocycles. The van der Waals surface area contributed by atoms with Crippen LogP contribution in [0.4, 0.5) is 10.7 Å². The second-order valence-corrected chi connectivity index (χ2v) is 8.36. The standard InChI is InChI=1S/C22H31N5O2/c1-3-15(2)19(20(28)23-16-9-5-4-6-10-16)25-22(29)27-14-13-26-18-12-8-7-11-17(18)24-21(26)27/h7-8,11-12,15-16,19H,3-6,9-10,13-14H2,1-2H3,(H,23,28)(H,25,29)/t15-,19+/m1/s1. The summed E-state index contributed by atoms with van der Waals surface area (Å²) in [6.07, 6.45) is 6.45. The molecule has 0 radical (unpaired) electrons. The molecule has 2 aromatic rings. The van der Waals surface area contributed by atoms with Crippen molar-refractivity contribution in [2.24, 2.45) is 5.92 Å². The molecule has 2 heterocycles. The average Bonchev–Trinajstić information content (AvgIpc) is 3.31. The van der Waals surface area contributed by atoms with E-state index >= 15 is 0 Å². The maximum atomic E-state index is 13.1. The van der Waals surface area contributed by atoms with E-state index < -0.39 is 6.04 Å². The SMILES string of the molecule is CC[C@@H](C)[C@H](NC(=O)N1CCn2c1nc1ccccc12)C(=O)NC1CCCCC1. The van der Waals surface area contributed by atoms with Gasteiger partial charge in [0, 0.05) is 19.1 Å². The molecule has 2 N–H and O–H groups in total. The van der Waals surface area contributed by atoms with E-state index in [9.17, 15) is 9.59 Å². The highest BCUT2D eigenvalue weighted by Crippen LogP contribution is 2.27. The van der Waals surface area contributed by atoms with Crippen LogP contribution in [0, 0.1) is 5.92 Å². The molecule has 1 saturated carbocycles. The molecule has 156 valence electrons. The van der Waals surface area contributed by atoms with E-state index in [4.69, 9.17) is 0 Å². The molecule has 3 amide bonds. The minimum Gasteiger partial charge on any atom is -0.352 e. The molecular weight excluding hydrogens is 366 g/mol. The number of carbonyl (C=O) groups excluding carboxylic acids is 2. The van der Waals surface area contributed by atoms with Crippen molar-refractivity contribution >= 4 is 28.9 Å². The number of benzene rings is 1. The number of imidazole rings is 1. The van der Waals surface area contributed by atoms with Crippen LogP contribution in [0.3, 0.4) is 0 Å². The summed E-state index contributed by atoms with van der Waals surface area (Å²) in [5, 5.41) is 6.18. The zero-order chi connectivity index (χ0) is 20.4. The Morgan fingerprint density at radius 2 is 1.93 bits per heavy atom. The van der Waals surface area contributed by atoms with Gasteiger partial charge in [-0.1, -0.05) is 51.7 Å². The van der Waals surface area contributed by atoms with Gasteiger partial charge in [-0.3, -0.25) is 9.69 Å². The largest absolute Gasteiger partial charge is 0.352 e. The minimum absolute atomic E-state index is 0.0592. The van der Waals surface area contributed by atoms with Crippen LogP contribution in [-0.4, -0.2) is 40.1 Å². The number of rotatable bonds is 5. The molecule has 2 atom stereocenters. The number of urea groups is 1. The van der Waals surface area contributed by atoms with E-state index in [1.54, 1.807) is 4.90 Å². The molecule has 2 aliphatic rings. The lowest BCUT2D eigenvalue weighted by molar-refractivity contribution is -0.125. The van der Waals surface area contributed by atoms with Crippen LogP contribution < -0.4 is 15.5 Å². The number of hydrogen-bond acceptors (Lipinski definition) is 3. The van der Waals surface area contributed by atoms with Crippen molar-refractivity contribution in [3.05, 3.63) is 24.3 Å². The smallest absolute Gasteiger partial charge is 0.324 e. The lowest BCUT2D eigenvalue weighted by Crippen LogP contribution is -2.55. The second kappa shape index (κ2) is 8.43. The first-order valence-corrected chi connectivity index (χ1v) is 10.9. The van der Waals surface area contributed by atoms with Crippen molar-refractivity contribution in [2.75, 3.05) is 11.4 Å². The molecule has 1 fully saturated rings. The number of aromatic nitrogens is 2. The number of amides is 3. The van der Waals surface area contributed by atoms with Gasteiger partial charge in [-0.05, 0) is 30.9 Å². The van der Waals surface area contributed by atoms with Crippen molar-refractivity contribution < 1.29 is 9.59 Å². The first kappa shape index (κ1) is 19.7. The number of nitrogens with one attached hydrogen (secondary N) is 2. The quantitative estimate of drug-likeness (QED) is 0.811. The summed E-state index contributed by atoms with van der Waals surface area (Å²) in [6.45, 7) is 5.35. The van der Waals surface area contributed by atoms with Crippen molar-refractivity contribution in [1.29, 1.82) is 0 Å². The van der Waals surface area contributed by atoms with Crippen LogP contribution in [-0.2, 0) is 11.3 Å². The van der Waals surface area contributed by atoms with Gasteiger partial charge in [-0.15, -0.1) is 0 Å². The summed E-state index contributed by atoms with van der Waals surface area (Å²) in [7, 11) is 0. The Balaban J connectivity index is 1.48. The predicted molar refractivity (Wildman–Crippen MR) is 114 cm³/mol. The highest BCUT2D eigenvalue weighted by Gasteiger charge is 2.33. The summed E-state index contributed by atoms with van der Waals surface area (Å²) in [5.41, 5.74) is 1.92. The van der Waals surface area contributed by atoms with Gasteiger partial charge in [-0.2, -0.15) is 0 Å². The van der Waals surface area contributed by atoms with Gasteiger partial charge in [0.25, 0.3) is 0 Å². The van der Waals surface area contributed by atoms with Crippen LogP contribution in [0.5, 0.6) is 0 Å². The highest BCUT2D eigenvalue weighted by molar-refractivity contribution is 5.96. The molecular formula is C22H31N5O2. The molecule has 1 aromatic heterocycles. The molecule has 29 heavy (non-hydrogen) atoms. The van der Waals surface area contributed by atoms with Gasteiger partial charge in [-0.25, -0.2) is 9.78 Å². The van der Waals surface area contributed by atoms with Crippen LogP contribution in [0.25, 0.3) is 11.0 Å². The van der Waals surface area contributed by atoms with Gasteiger partial charge < -0.3 is 15.2 Å². The number of nitrogens with zero attached hydrogens (tertiary/aromatic N) is 3. The fourth-order valence-corrected chi connectivity index (χ4v) is 4.43. The van der Waals surface area contributed by atoms with E-state index in [1.165, 1.54) is 6.42 Å². The molecule has 7 nitrogen and oxygen atoms in total. The van der Waals surface area contributed by atoms with E-state index in [-0.39, 0.29) is 23.9 Å². The number of para-hydroxylation sites is 2. The molecule has 7 heteroatoms. The summed E-state index contributed by atoms with van der Waals surface area (Å²) in [5.74, 6) is 0.649. The average molecular weight is 398 g/mol. The third-order valence-electron chi connectivity index (χ3n) is 6.39. The van der Waals surface area contributed by atoms with Crippen LogP contribution in [0.1, 0.15) is 52.4 Å². The first-order chi connectivity index (χ1) is 14.1. The van der Waals surface area contributed by atoms with E-state index in [0.29, 0.717) is 19.0 Å². The Morgan fingerprint density at radius 3 is 2.69 bits per heavy atom. The topological polar surface area (TPSA) is 79.3 Å². The van der Waals surface area contributed by atoms with E-state index in [0.717, 1.165) is 43.1 Å². The van der Waals surface area contributed by atoms with Crippen LogP contribution >= 0.6 is 0 Å². The zero-order valence-corrected chi connectivity index (χ0v) is 17.4. The maximum Gasteiger partial charge on any atom is 0.324 e. The molecule has 0 spiro atoms. The normalized spacial score (nSPS) is 19.0. The summed E-state index contributed by atoms with van der Waals surface area (Å²) in [6, 6.07) is 7.36. The third-order valence-corrected chi connectivity index (χ3v) is 6.39. The number of carbonyl (C=O) groups is 2. The van der Waals surface area contributed by atoms with E-state index in [2.05, 4.69) is 20.2 Å². The number of anilines is 1. The van der Waals surface area contributed by atoms with Crippen molar-refractivity contribution in [3.8, 4) is 0 Å². The third kappa shape index (κ3) is 3.95. The Bertz CT molecular complexity index is 886. The zero-order valence-electron chi connectivity index (χ0n) is 17.4. The molecule has 0 bridgehead atoms. The second-order valence-electron chi connectivity index (χ2n) is 8.36. The van der Waals surface area contributed by atoms with Crippen molar-refractivity contribution in [1.82, 2.24) is 20.2 Å². The van der Waals surface area contributed by atoms with Crippen LogP contribution in [0.15, 0.2) is 24.3 Å². The van der Waals surface area contributed by atoms with Crippen LogP contribution in [0.2, 0.25) is 0 Å². The van der Waals surface area contributed by atoms with Gasteiger partial charge in [0.05, 0.1) is 11.0 Å². The lowest BCUT2D eigenvalue weighted by Gasteiger charge is -2.29. The fourth-order valence-electron chi connectivity index (χ4n) is 4.43. The summed E-state index contributed by atoms with van der Waals surface area (Å²) < 4.78 is 2.06. The molecule has 4 rings (SSSR count). The molecule has 0 saturated heterocycles. The Kier molecular flexibility index (Phi) is 5.74. The Hall–Kier alpha value is -2.57. The summed E-state index contributed by atoms with van der Waals surface area (Å²) in [4.78, 5) is 32.4. The van der Waals surface area contributed by atoms with E-state index in [1.807, 2.05) is 38.1 Å². The number of fused-ring (bicyclic) bond motifs is 3. The number of hydrogen-bond donors (Lipinski definition) is 2.